The number of esters is 1. The minimum Gasteiger partial charge on any atom is -0.507 e. The van der Waals surface area contributed by atoms with Crippen LogP contribution in [0, 0.1) is 6.92 Å². The lowest BCUT2D eigenvalue weighted by Gasteiger charge is -2.07. The van der Waals surface area contributed by atoms with Gasteiger partial charge in [0.2, 0.25) is 5.13 Å². The zero-order valence-corrected chi connectivity index (χ0v) is 12.7. The number of aromatic hydroxyl groups is 1. The highest BCUT2D eigenvalue weighted by atomic mass is 32.2. The van der Waals surface area contributed by atoms with E-state index in [9.17, 15) is 18.3 Å². The number of anilines is 1. The van der Waals surface area contributed by atoms with Gasteiger partial charge in [0.1, 0.15) is 16.3 Å². The second-order valence-corrected chi connectivity index (χ2v) is 6.77. The molecule has 0 unspecified atom stereocenters. The van der Waals surface area contributed by atoms with Gasteiger partial charge in [-0.2, -0.15) is 0 Å². The average molecular weight is 329 g/mol. The number of hydrogen-bond acceptors (Lipinski definition) is 8. The summed E-state index contributed by atoms with van der Waals surface area (Å²) in [5.41, 5.74) is -0.242. The van der Waals surface area contributed by atoms with Gasteiger partial charge in [-0.3, -0.25) is 4.72 Å². The first-order valence-electron chi connectivity index (χ1n) is 5.58. The van der Waals surface area contributed by atoms with Gasteiger partial charge in [0.05, 0.1) is 12.0 Å². The van der Waals surface area contributed by atoms with Crippen molar-refractivity contribution in [3.63, 3.8) is 0 Å². The first-order valence-corrected chi connectivity index (χ1v) is 7.87. The van der Waals surface area contributed by atoms with Crippen molar-refractivity contribution in [2.75, 3.05) is 11.8 Å². The highest BCUT2D eigenvalue weighted by Gasteiger charge is 2.20. The maximum atomic E-state index is 12.2. The molecule has 1 aromatic carbocycles. The number of benzene rings is 1. The highest BCUT2D eigenvalue weighted by Crippen LogP contribution is 2.24. The number of carbonyl (C=O) groups excluding carboxylic acids is 1. The van der Waals surface area contributed by atoms with Crippen LogP contribution in [0.1, 0.15) is 15.4 Å². The summed E-state index contributed by atoms with van der Waals surface area (Å²) in [5, 5.41) is 17.6. The van der Waals surface area contributed by atoms with Crippen molar-refractivity contribution in [2.24, 2.45) is 0 Å². The fourth-order valence-corrected chi connectivity index (χ4v) is 3.32. The number of carbonyl (C=O) groups is 1. The number of aromatic nitrogens is 2. The summed E-state index contributed by atoms with van der Waals surface area (Å²) in [7, 11) is -2.81. The minimum atomic E-state index is -3.94. The Morgan fingerprint density at radius 2 is 2.10 bits per heavy atom. The molecule has 0 aliphatic carbocycles. The predicted octanol–water partition coefficient (Wildman–Crippen LogP) is 1.14. The van der Waals surface area contributed by atoms with Crippen LogP contribution < -0.4 is 4.72 Å². The molecule has 8 nitrogen and oxygen atoms in total. The van der Waals surface area contributed by atoms with Crippen molar-refractivity contribution < 1.29 is 23.1 Å². The van der Waals surface area contributed by atoms with Crippen LogP contribution in [0.25, 0.3) is 0 Å². The topological polar surface area (TPSA) is 118 Å². The normalized spacial score (nSPS) is 11.1. The number of sulfonamides is 1. The molecule has 21 heavy (non-hydrogen) atoms. The largest absolute Gasteiger partial charge is 0.507 e. The Labute approximate surface area is 124 Å². The van der Waals surface area contributed by atoms with Crippen LogP contribution in [-0.2, 0) is 14.8 Å². The van der Waals surface area contributed by atoms with Crippen LogP contribution >= 0.6 is 11.3 Å². The summed E-state index contributed by atoms with van der Waals surface area (Å²) in [4.78, 5) is 11.3. The molecule has 0 fully saturated rings. The Morgan fingerprint density at radius 1 is 1.38 bits per heavy atom. The molecule has 1 heterocycles. The average Bonchev–Trinajstić information content (AvgIpc) is 2.82. The molecule has 0 saturated heterocycles. The number of methoxy groups -OCH3 is 1. The van der Waals surface area contributed by atoms with Crippen molar-refractivity contribution in [3.8, 4) is 5.75 Å². The van der Waals surface area contributed by atoms with E-state index in [0.717, 1.165) is 36.6 Å². The molecule has 10 heteroatoms. The molecule has 2 rings (SSSR count). The van der Waals surface area contributed by atoms with Crippen molar-refractivity contribution in [1.82, 2.24) is 10.2 Å². The lowest BCUT2D eigenvalue weighted by Crippen LogP contribution is -2.14. The number of nitrogens with zero attached hydrogens (tertiary/aromatic N) is 2. The van der Waals surface area contributed by atoms with Gasteiger partial charge in [0.15, 0.2) is 0 Å². The fraction of sp³-hybridized carbons (Fsp3) is 0.182. The van der Waals surface area contributed by atoms with Crippen molar-refractivity contribution in [2.45, 2.75) is 11.8 Å². The molecule has 1 aromatic heterocycles. The second-order valence-electron chi connectivity index (χ2n) is 3.90. The molecule has 0 bridgehead atoms. The quantitative estimate of drug-likeness (QED) is 0.807. The summed E-state index contributed by atoms with van der Waals surface area (Å²) >= 11 is 1.07. The van der Waals surface area contributed by atoms with E-state index in [0.29, 0.717) is 5.01 Å². The number of hydrogen-bond donors (Lipinski definition) is 2. The van der Waals surface area contributed by atoms with Crippen LogP contribution in [0.4, 0.5) is 5.13 Å². The van der Waals surface area contributed by atoms with E-state index in [-0.39, 0.29) is 21.3 Å². The molecule has 112 valence electrons. The fourth-order valence-electron chi connectivity index (χ4n) is 1.47. The number of ether oxygens (including phenoxy) is 1. The summed E-state index contributed by atoms with van der Waals surface area (Å²) in [6, 6.07) is 3.29. The Kier molecular flexibility index (Phi) is 4.09. The SMILES string of the molecule is COC(=O)c1cc(S(=O)(=O)Nc2nnc(C)s2)ccc1O. The third-order valence-corrected chi connectivity index (χ3v) is 4.65. The molecular weight excluding hydrogens is 318 g/mol. The van der Waals surface area contributed by atoms with Crippen molar-refractivity contribution >= 4 is 32.5 Å². The van der Waals surface area contributed by atoms with E-state index < -0.39 is 16.0 Å². The Morgan fingerprint density at radius 3 is 2.67 bits per heavy atom. The van der Waals surface area contributed by atoms with Gasteiger partial charge in [-0.1, -0.05) is 11.3 Å². The van der Waals surface area contributed by atoms with Crippen LogP contribution in [-0.4, -0.2) is 36.8 Å². The standard InChI is InChI=1S/C11H11N3O5S2/c1-6-12-13-11(20-6)14-21(17,18)7-3-4-9(15)8(5-7)10(16)19-2/h3-5,15H,1-2H3,(H,13,14). The molecule has 0 aliphatic heterocycles. The first-order chi connectivity index (χ1) is 9.83. The van der Waals surface area contributed by atoms with Crippen molar-refractivity contribution in [3.05, 3.63) is 28.8 Å². The number of rotatable bonds is 4. The molecule has 0 aliphatic rings. The monoisotopic (exact) mass is 329 g/mol. The smallest absolute Gasteiger partial charge is 0.341 e. The number of nitrogens with one attached hydrogen (secondary N) is 1. The maximum Gasteiger partial charge on any atom is 0.341 e. The molecule has 0 atom stereocenters. The molecule has 0 amide bonds. The molecular formula is C11H11N3O5S2. The Bertz CT molecular complexity index is 785. The van der Waals surface area contributed by atoms with E-state index in [1.54, 1.807) is 6.92 Å². The molecule has 0 radical (unpaired) electrons. The number of phenolic OH excluding ortho intramolecular Hbond substituents is 1. The van der Waals surface area contributed by atoms with Crippen LogP contribution in [0.5, 0.6) is 5.75 Å². The molecule has 0 saturated carbocycles. The Hall–Kier alpha value is -2.20. The number of aryl methyl sites for hydroxylation is 1. The third-order valence-electron chi connectivity index (χ3n) is 2.43. The molecule has 2 N–H and O–H groups in total. The zero-order chi connectivity index (χ0) is 15.6. The van der Waals surface area contributed by atoms with E-state index in [4.69, 9.17) is 0 Å². The van der Waals surface area contributed by atoms with E-state index in [1.807, 2.05) is 0 Å². The summed E-state index contributed by atoms with van der Waals surface area (Å²) < 4.78 is 31.1. The first kappa shape index (κ1) is 15.2. The van der Waals surface area contributed by atoms with Gasteiger partial charge in [-0.05, 0) is 25.1 Å². The predicted molar refractivity (Wildman–Crippen MR) is 74.9 cm³/mol. The second kappa shape index (κ2) is 5.66. The van der Waals surface area contributed by atoms with Crippen LogP contribution in [0.15, 0.2) is 23.1 Å². The third kappa shape index (κ3) is 3.28. The molecule has 2 aromatic rings. The van der Waals surface area contributed by atoms with Gasteiger partial charge in [0.25, 0.3) is 10.0 Å². The maximum absolute atomic E-state index is 12.2. The number of phenols is 1. The van der Waals surface area contributed by atoms with Gasteiger partial charge in [-0.15, -0.1) is 10.2 Å². The highest BCUT2D eigenvalue weighted by molar-refractivity contribution is 7.93. The molecule has 0 spiro atoms. The Balaban J connectivity index is 2.38. The van der Waals surface area contributed by atoms with E-state index in [1.165, 1.54) is 0 Å². The summed E-state index contributed by atoms with van der Waals surface area (Å²) in [6.07, 6.45) is 0. The minimum absolute atomic E-state index is 0.111. The lowest BCUT2D eigenvalue weighted by molar-refractivity contribution is 0.0597. The van der Waals surface area contributed by atoms with Crippen molar-refractivity contribution in [1.29, 1.82) is 0 Å². The lowest BCUT2D eigenvalue weighted by atomic mass is 10.2. The zero-order valence-electron chi connectivity index (χ0n) is 11.0. The van der Waals surface area contributed by atoms with Gasteiger partial charge in [-0.25, -0.2) is 13.2 Å². The summed E-state index contributed by atoms with van der Waals surface area (Å²) in [6.45, 7) is 1.69. The van der Waals surface area contributed by atoms with E-state index >= 15 is 0 Å². The van der Waals surface area contributed by atoms with E-state index in [2.05, 4.69) is 19.7 Å². The van der Waals surface area contributed by atoms with Gasteiger partial charge < -0.3 is 9.84 Å². The van der Waals surface area contributed by atoms with Gasteiger partial charge >= 0.3 is 5.97 Å². The van der Waals surface area contributed by atoms with Gasteiger partial charge in [0, 0.05) is 0 Å². The van der Waals surface area contributed by atoms with Crippen LogP contribution in [0.2, 0.25) is 0 Å². The van der Waals surface area contributed by atoms with Crippen LogP contribution in [0.3, 0.4) is 0 Å². The summed E-state index contributed by atoms with van der Waals surface area (Å²) in [5.74, 6) is -1.20.